The molecule has 2 heterocycles. The minimum Gasteiger partial charge on any atom is -0.379 e. The van der Waals surface area contributed by atoms with Crippen LogP contribution in [-0.2, 0) is 6.54 Å². The summed E-state index contributed by atoms with van der Waals surface area (Å²) in [5.74, 6) is 0. The Morgan fingerprint density at radius 3 is 3.25 bits per heavy atom. The molecule has 12 heavy (non-hydrogen) atoms. The topological polar surface area (TPSA) is 40.7 Å². The van der Waals surface area contributed by atoms with Crippen molar-refractivity contribution in [3.63, 3.8) is 0 Å². The second-order valence-electron chi connectivity index (χ2n) is 2.44. The van der Waals surface area contributed by atoms with Gasteiger partial charge in [-0.15, -0.1) is 0 Å². The summed E-state index contributed by atoms with van der Waals surface area (Å²) in [5.41, 5.74) is 2.26. The molecule has 0 saturated heterocycles. The SMILES string of the molecule is c1ncc(CNc2ccsc2)[nH]1. The molecule has 0 aliphatic rings. The lowest BCUT2D eigenvalue weighted by Crippen LogP contribution is -1.97. The number of hydrogen-bond acceptors (Lipinski definition) is 3. The molecule has 4 heteroatoms. The molecule has 2 rings (SSSR count). The third-order valence-electron chi connectivity index (χ3n) is 1.56. The fourth-order valence-electron chi connectivity index (χ4n) is 0.944. The van der Waals surface area contributed by atoms with Gasteiger partial charge < -0.3 is 10.3 Å². The Bertz CT molecular complexity index is 278. The van der Waals surface area contributed by atoms with Crippen molar-refractivity contribution in [2.75, 3.05) is 5.32 Å². The molecule has 62 valence electrons. The van der Waals surface area contributed by atoms with Crippen LogP contribution in [0, 0.1) is 0 Å². The number of aromatic nitrogens is 2. The third-order valence-corrected chi connectivity index (χ3v) is 2.24. The van der Waals surface area contributed by atoms with Crippen LogP contribution < -0.4 is 5.32 Å². The van der Waals surface area contributed by atoms with Crippen LogP contribution in [0.2, 0.25) is 0 Å². The number of thiophene rings is 1. The van der Waals surface area contributed by atoms with Crippen molar-refractivity contribution in [1.29, 1.82) is 0 Å². The summed E-state index contributed by atoms with van der Waals surface area (Å²) in [6.45, 7) is 0.802. The highest BCUT2D eigenvalue weighted by molar-refractivity contribution is 7.08. The molecule has 0 atom stereocenters. The maximum Gasteiger partial charge on any atom is 0.0922 e. The lowest BCUT2D eigenvalue weighted by molar-refractivity contribution is 1.08. The van der Waals surface area contributed by atoms with E-state index < -0.39 is 0 Å². The first-order chi connectivity index (χ1) is 5.95. The van der Waals surface area contributed by atoms with Crippen LogP contribution in [0.15, 0.2) is 29.4 Å². The fraction of sp³-hybridized carbons (Fsp3) is 0.125. The van der Waals surface area contributed by atoms with Gasteiger partial charge in [0.1, 0.15) is 0 Å². The summed E-state index contributed by atoms with van der Waals surface area (Å²) in [6.07, 6.45) is 3.50. The second-order valence-corrected chi connectivity index (χ2v) is 3.22. The standard InChI is InChI=1S/C8H9N3S/c1-2-12-5-7(1)10-4-8-3-9-6-11-8/h1-3,5-6,10H,4H2,(H,9,11). The van der Waals surface area contributed by atoms with Gasteiger partial charge in [0.15, 0.2) is 0 Å². The molecule has 0 fully saturated rings. The smallest absolute Gasteiger partial charge is 0.0922 e. The predicted molar refractivity (Wildman–Crippen MR) is 50.2 cm³/mol. The van der Waals surface area contributed by atoms with Crippen molar-refractivity contribution in [2.45, 2.75) is 6.54 Å². The Morgan fingerprint density at radius 1 is 1.58 bits per heavy atom. The van der Waals surface area contributed by atoms with Crippen molar-refractivity contribution in [1.82, 2.24) is 9.97 Å². The lowest BCUT2D eigenvalue weighted by atomic mass is 10.4. The lowest BCUT2D eigenvalue weighted by Gasteiger charge is -1.99. The molecule has 2 aromatic heterocycles. The Balaban J connectivity index is 1.91. The third kappa shape index (κ3) is 1.65. The van der Waals surface area contributed by atoms with Crippen molar-refractivity contribution >= 4 is 17.0 Å². The van der Waals surface area contributed by atoms with E-state index in [1.807, 2.05) is 6.20 Å². The van der Waals surface area contributed by atoms with Crippen LogP contribution >= 0.6 is 11.3 Å². The van der Waals surface area contributed by atoms with Crippen LogP contribution in [0.4, 0.5) is 5.69 Å². The first-order valence-electron chi connectivity index (χ1n) is 3.68. The van der Waals surface area contributed by atoms with Crippen molar-refractivity contribution in [3.8, 4) is 0 Å². The van der Waals surface area contributed by atoms with E-state index >= 15 is 0 Å². The maximum atomic E-state index is 3.93. The van der Waals surface area contributed by atoms with Crippen LogP contribution in [0.1, 0.15) is 5.69 Å². The van der Waals surface area contributed by atoms with E-state index in [4.69, 9.17) is 0 Å². The molecule has 0 radical (unpaired) electrons. The summed E-state index contributed by atoms with van der Waals surface area (Å²) >= 11 is 1.69. The fourth-order valence-corrected chi connectivity index (χ4v) is 1.56. The molecule has 2 N–H and O–H groups in total. The molecular weight excluding hydrogens is 170 g/mol. The molecule has 3 nitrogen and oxygen atoms in total. The highest BCUT2D eigenvalue weighted by Gasteiger charge is 1.93. The Kier molecular flexibility index (Phi) is 2.09. The van der Waals surface area contributed by atoms with Gasteiger partial charge >= 0.3 is 0 Å². The molecule has 0 aromatic carbocycles. The zero-order valence-corrected chi connectivity index (χ0v) is 7.27. The van der Waals surface area contributed by atoms with Crippen molar-refractivity contribution in [3.05, 3.63) is 35.0 Å². The van der Waals surface area contributed by atoms with Gasteiger partial charge in [0.2, 0.25) is 0 Å². The zero-order valence-electron chi connectivity index (χ0n) is 6.45. The Morgan fingerprint density at radius 2 is 2.58 bits per heavy atom. The van der Waals surface area contributed by atoms with Gasteiger partial charge in [0.25, 0.3) is 0 Å². The molecule has 0 amide bonds. The minimum absolute atomic E-state index is 0.802. The average molecular weight is 179 g/mol. The summed E-state index contributed by atoms with van der Waals surface area (Å²) in [5, 5.41) is 7.40. The van der Waals surface area contributed by atoms with E-state index in [0.29, 0.717) is 0 Å². The minimum atomic E-state index is 0.802. The molecule has 0 spiro atoms. The number of nitrogens with one attached hydrogen (secondary N) is 2. The van der Waals surface area contributed by atoms with Gasteiger partial charge in [-0.05, 0) is 11.4 Å². The van der Waals surface area contributed by atoms with E-state index in [2.05, 4.69) is 32.1 Å². The van der Waals surface area contributed by atoms with Gasteiger partial charge in [-0.1, -0.05) is 0 Å². The predicted octanol–water partition coefficient (Wildman–Crippen LogP) is 2.08. The molecular formula is C8H9N3S. The van der Waals surface area contributed by atoms with E-state index in [1.165, 1.54) is 0 Å². The maximum absolute atomic E-state index is 3.93. The van der Waals surface area contributed by atoms with Gasteiger partial charge in [0, 0.05) is 17.3 Å². The van der Waals surface area contributed by atoms with Crippen LogP contribution in [0.5, 0.6) is 0 Å². The quantitative estimate of drug-likeness (QED) is 0.757. The normalized spacial score (nSPS) is 10.0. The molecule has 0 aliphatic heterocycles. The number of H-pyrrole nitrogens is 1. The molecule has 0 bridgehead atoms. The van der Waals surface area contributed by atoms with Crippen LogP contribution in [-0.4, -0.2) is 9.97 Å². The highest BCUT2D eigenvalue weighted by atomic mass is 32.1. The second kappa shape index (κ2) is 3.40. The van der Waals surface area contributed by atoms with Gasteiger partial charge in [-0.2, -0.15) is 11.3 Å². The Labute approximate surface area is 74.5 Å². The number of hydrogen-bond donors (Lipinski definition) is 2. The van der Waals surface area contributed by atoms with E-state index in [0.717, 1.165) is 17.9 Å². The number of aromatic amines is 1. The molecule has 0 unspecified atom stereocenters. The molecule has 0 aliphatic carbocycles. The van der Waals surface area contributed by atoms with Crippen LogP contribution in [0.25, 0.3) is 0 Å². The zero-order chi connectivity index (χ0) is 8.23. The Hall–Kier alpha value is -1.29. The number of nitrogens with zero attached hydrogens (tertiary/aromatic N) is 1. The molecule has 0 saturated carbocycles. The summed E-state index contributed by atoms with van der Waals surface area (Å²) in [7, 11) is 0. The van der Waals surface area contributed by atoms with Crippen molar-refractivity contribution < 1.29 is 0 Å². The van der Waals surface area contributed by atoms with Gasteiger partial charge in [-0.25, -0.2) is 4.98 Å². The van der Waals surface area contributed by atoms with E-state index in [-0.39, 0.29) is 0 Å². The van der Waals surface area contributed by atoms with Crippen molar-refractivity contribution in [2.24, 2.45) is 0 Å². The van der Waals surface area contributed by atoms with E-state index in [9.17, 15) is 0 Å². The number of anilines is 1. The van der Waals surface area contributed by atoms with Crippen LogP contribution in [0.3, 0.4) is 0 Å². The average Bonchev–Trinajstić information content (AvgIpc) is 2.74. The monoisotopic (exact) mass is 179 g/mol. The number of imidazole rings is 1. The summed E-state index contributed by atoms with van der Waals surface area (Å²) < 4.78 is 0. The molecule has 2 aromatic rings. The first kappa shape index (κ1) is 7.36. The highest BCUT2D eigenvalue weighted by Crippen LogP contribution is 2.12. The van der Waals surface area contributed by atoms with Gasteiger partial charge in [-0.3, -0.25) is 0 Å². The van der Waals surface area contributed by atoms with E-state index in [1.54, 1.807) is 17.7 Å². The summed E-state index contributed by atoms with van der Waals surface area (Å²) in [6, 6.07) is 2.06. The largest absolute Gasteiger partial charge is 0.379 e. The number of rotatable bonds is 3. The first-order valence-corrected chi connectivity index (χ1v) is 4.63. The summed E-state index contributed by atoms with van der Waals surface area (Å²) in [4.78, 5) is 6.96. The van der Waals surface area contributed by atoms with Gasteiger partial charge in [0.05, 0.1) is 18.6 Å².